The van der Waals surface area contributed by atoms with Crippen molar-refractivity contribution in [2.24, 2.45) is 0 Å². The molecule has 3 heterocycles. The Bertz CT molecular complexity index is 970. The van der Waals surface area contributed by atoms with Gasteiger partial charge in [0.05, 0.1) is 24.3 Å². The van der Waals surface area contributed by atoms with E-state index in [4.69, 9.17) is 30.9 Å². The molecule has 0 bridgehead atoms. The maximum absolute atomic E-state index is 12.3. The molecule has 0 radical (unpaired) electrons. The quantitative estimate of drug-likeness (QED) is 0.517. The van der Waals surface area contributed by atoms with Gasteiger partial charge in [-0.05, 0) is 38.8 Å². The van der Waals surface area contributed by atoms with Crippen LogP contribution in [0.1, 0.15) is 37.0 Å². The van der Waals surface area contributed by atoms with Crippen LogP contribution in [-0.2, 0) is 25.5 Å². The minimum absolute atomic E-state index is 0.149. The maximum Gasteiger partial charge on any atom is 0.347 e. The summed E-state index contributed by atoms with van der Waals surface area (Å²) in [5.41, 5.74) is -0.236. The highest BCUT2D eigenvalue weighted by molar-refractivity contribution is 6.26. The van der Waals surface area contributed by atoms with E-state index in [2.05, 4.69) is 0 Å². The van der Waals surface area contributed by atoms with E-state index in [9.17, 15) is 19.5 Å². The number of carbonyl (C=O) groups excluding carboxylic acids is 1. The third-order valence-corrected chi connectivity index (χ3v) is 5.17. The molecule has 1 aromatic heterocycles. The number of fused-ring (bicyclic) bond motifs is 2. The number of carboxylic acids is 1. The van der Waals surface area contributed by atoms with E-state index in [1.807, 2.05) is 0 Å². The Balaban J connectivity index is 0.000000227. The van der Waals surface area contributed by atoms with Crippen LogP contribution in [0.5, 0.6) is 5.75 Å². The fourth-order valence-corrected chi connectivity index (χ4v) is 3.52. The first-order valence-electron chi connectivity index (χ1n) is 10.4. The fourth-order valence-electron chi connectivity index (χ4n) is 3.52. The molecule has 4 rings (SSSR count). The minimum atomic E-state index is -0.980. The van der Waals surface area contributed by atoms with Crippen LogP contribution >= 0.6 is 11.6 Å². The van der Waals surface area contributed by atoms with Crippen molar-refractivity contribution < 1.29 is 34.0 Å². The molecule has 0 spiro atoms. The smallest absolute Gasteiger partial charge is 0.347 e. The highest BCUT2D eigenvalue weighted by atomic mass is 35.5. The summed E-state index contributed by atoms with van der Waals surface area (Å²) in [7, 11) is 0. The van der Waals surface area contributed by atoms with Crippen molar-refractivity contribution in [3.05, 3.63) is 40.2 Å². The van der Waals surface area contributed by atoms with Gasteiger partial charge in [-0.2, -0.15) is 0 Å². The number of aryl methyl sites for hydroxylation is 1. The first kappa shape index (κ1) is 25.6. The summed E-state index contributed by atoms with van der Waals surface area (Å²) in [6.45, 7) is 5.83. The molecule has 2 aliphatic rings. The van der Waals surface area contributed by atoms with E-state index in [1.165, 1.54) is 4.57 Å². The van der Waals surface area contributed by atoms with Crippen LogP contribution in [0.4, 0.5) is 0 Å². The summed E-state index contributed by atoms with van der Waals surface area (Å²) in [6.07, 6.45) is 3.14. The number of hydrogen-bond donors (Lipinski definition) is 2. The van der Waals surface area contributed by atoms with Gasteiger partial charge < -0.3 is 29.0 Å². The second kappa shape index (κ2) is 12.4. The van der Waals surface area contributed by atoms with Gasteiger partial charge in [-0.25, -0.2) is 4.79 Å². The molecule has 0 aliphatic carbocycles. The van der Waals surface area contributed by atoms with Gasteiger partial charge in [-0.15, -0.1) is 11.6 Å². The molecule has 0 unspecified atom stereocenters. The second-order valence-electron chi connectivity index (χ2n) is 6.93. The van der Waals surface area contributed by atoms with E-state index < -0.39 is 17.5 Å². The Morgan fingerprint density at radius 2 is 1.72 bits per heavy atom. The number of nitrogens with zero attached hydrogens (tertiary/aromatic N) is 1. The molecule has 2 atom stereocenters. The molecule has 2 aromatic rings. The summed E-state index contributed by atoms with van der Waals surface area (Å²) in [5.74, 6) is -2.40. The number of alkyl halides is 1. The number of aromatic hydroxyl groups is 1. The molecule has 2 fully saturated rings. The summed E-state index contributed by atoms with van der Waals surface area (Å²) in [6, 6.07) is 6.91. The Hall–Kier alpha value is -2.62. The molecule has 32 heavy (non-hydrogen) atoms. The number of para-hydroxylation sites is 1. The highest BCUT2D eigenvalue weighted by Gasteiger charge is 2.33. The Morgan fingerprint density at radius 1 is 1.16 bits per heavy atom. The predicted molar refractivity (Wildman–Crippen MR) is 119 cm³/mol. The largest absolute Gasteiger partial charge is 0.506 e. The van der Waals surface area contributed by atoms with E-state index in [0.717, 1.165) is 26.1 Å². The number of carbonyl (C=O) groups is 2. The lowest BCUT2D eigenvalue weighted by Crippen LogP contribution is -2.27. The molecule has 2 N–H and O–H groups in total. The van der Waals surface area contributed by atoms with Crippen molar-refractivity contribution in [3.63, 3.8) is 0 Å². The van der Waals surface area contributed by atoms with Crippen molar-refractivity contribution in [3.8, 4) is 5.75 Å². The lowest BCUT2D eigenvalue weighted by Gasteiger charge is -2.12. The second-order valence-corrected chi connectivity index (χ2v) is 7.20. The van der Waals surface area contributed by atoms with Crippen LogP contribution in [0.2, 0.25) is 0 Å². The van der Waals surface area contributed by atoms with Crippen molar-refractivity contribution >= 4 is 34.4 Å². The lowest BCUT2D eigenvalue weighted by atomic mass is 10.1. The Morgan fingerprint density at radius 3 is 2.22 bits per heavy atom. The molecule has 2 saturated heterocycles. The zero-order valence-corrected chi connectivity index (χ0v) is 18.8. The fraction of sp³-hybridized carbons (Fsp3) is 0.500. The average Bonchev–Trinajstić information content (AvgIpc) is 3.41. The van der Waals surface area contributed by atoms with Crippen molar-refractivity contribution in [1.82, 2.24) is 4.57 Å². The van der Waals surface area contributed by atoms with E-state index in [1.54, 1.807) is 38.1 Å². The van der Waals surface area contributed by atoms with Gasteiger partial charge >= 0.3 is 11.9 Å². The van der Waals surface area contributed by atoms with Crippen molar-refractivity contribution in [1.29, 1.82) is 0 Å². The van der Waals surface area contributed by atoms with Crippen LogP contribution in [0.15, 0.2) is 29.1 Å². The topological polar surface area (TPSA) is 124 Å². The first-order valence-corrected chi connectivity index (χ1v) is 10.9. The van der Waals surface area contributed by atoms with Crippen LogP contribution in [0, 0.1) is 0 Å². The molecule has 0 saturated carbocycles. The SMILES string of the molecule is C1C[C@H]2OCC[C@H]2O1.CCOC(=O)c1c(O)c2ccccc2n(CC)c1=O.O=C(O)CCl. The first-order chi connectivity index (χ1) is 15.3. The van der Waals surface area contributed by atoms with Crippen molar-refractivity contribution in [2.75, 3.05) is 25.7 Å². The predicted octanol–water partition coefficient (Wildman–Crippen LogP) is 2.78. The van der Waals surface area contributed by atoms with E-state index in [-0.39, 0.29) is 23.8 Å². The zero-order chi connectivity index (χ0) is 23.7. The van der Waals surface area contributed by atoms with Gasteiger partial charge in [0.25, 0.3) is 5.56 Å². The molecule has 0 amide bonds. The third-order valence-electron chi connectivity index (χ3n) is 4.94. The van der Waals surface area contributed by atoms with Crippen LogP contribution < -0.4 is 5.56 Å². The highest BCUT2D eigenvalue weighted by Crippen LogP contribution is 2.27. The van der Waals surface area contributed by atoms with Crippen LogP contribution in [0.3, 0.4) is 0 Å². The number of esters is 1. The van der Waals surface area contributed by atoms with Crippen LogP contribution in [0.25, 0.3) is 10.9 Å². The van der Waals surface area contributed by atoms with E-state index >= 15 is 0 Å². The van der Waals surface area contributed by atoms with Gasteiger partial charge in [0, 0.05) is 25.1 Å². The monoisotopic (exact) mass is 469 g/mol. The minimum Gasteiger partial charge on any atom is -0.506 e. The molecule has 176 valence electrons. The lowest BCUT2D eigenvalue weighted by molar-refractivity contribution is -0.134. The van der Waals surface area contributed by atoms with Gasteiger partial charge in [0.15, 0.2) is 5.56 Å². The van der Waals surface area contributed by atoms with Crippen LogP contribution in [-0.4, -0.2) is 64.6 Å². The number of halogens is 1. The number of ether oxygens (including phenoxy) is 3. The van der Waals surface area contributed by atoms with Crippen molar-refractivity contribution in [2.45, 2.75) is 45.4 Å². The van der Waals surface area contributed by atoms with Gasteiger partial charge in [-0.1, -0.05) is 12.1 Å². The van der Waals surface area contributed by atoms with Gasteiger partial charge in [-0.3, -0.25) is 9.59 Å². The molecule has 9 nitrogen and oxygen atoms in total. The number of rotatable bonds is 4. The van der Waals surface area contributed by atoms with E-state index in [0.29, 0.717) is 29.7 Å². The summed E-state index contributed by atoms with van der Waals surface area (Å²) in [5, 5.41) is 18.2. The summed E-state index contributed by atoms with van der Waals surface area (Å²) in [4.78, 5) is 33.3. The van der Waals surface area contributed by atoms with Gasteiger partial charge in [0.1, 0.15) is 11.6 Å². The molecular formula is C22H28ClNO8. The molecule has 1 aromatic carbocycles. The number of benzene rings is 1. The number of carboxylic acid groups (broad SMARTS) is 1. The summed E-state index contributed by atoms with van der Waals surface area (Å²) >= 11 is 4.74. The van der Waals surface area contributed by atoms with Gasteiger partial charge in [0.2, 0.25) is 0 Å². The number of hydrogen-bond acceptors (Lipinski definition) is 7. The molecular weight excluding hydrogens is 442 g/mol. The number of aromatic nitrogens is 1. The normalized spacial score (nSPS) is 18.7. The average molecular weight is 470 g/mol. The molecule has 10 heteroatoms. The Labute approximate surface area is 190 Å². The maximum atomic E-state index is 12.3. The number of aliphatic carboxylic acids is 1. The zero-order valence-electron chi connectivity index (χ0n) is 18.1. The summed E-state index contributed by atoms with van der Waals surface area (Å²) < 4.78 is 17.0. The standard InChI is InChI=1S/C14H15NO4.C6H10O2.C2H3ClO2/c1-3-15-10-8-6-5-7-9(10)12(16)11(13(15)17)14(18)19-4-2;1-3-7-6-2-4-8-5(1)6;3-1-2(4)5/h5-8,16H,3-4H2,1-2H3;5-6H,1-4H2;1H2,(H,4,5)/t;5-,6-;/m.1./s1. The Kier molecular flexibility index (Phi) is 9.96. The third kappa shape index (κ3) is 6.21. The number of pyridine rings is 1. The molecule has 2 aliphatic heterocycles.